The Kier molecular flexibility index (Phi) is 5.81. The summed E-state index contributed by atoms with van der Waals surface area (Å²) in [6.45, 7) is 0.0490. The van der Waals surface area contributed by atoms with Crippen molar-refractivity contribution in [3.8, 4) is 0 Å². The van der Waals surface area contributed by atoms with Gasteiger partial charge in [-0.15, -0.1) is 0 Å². The molecular formula is C19H18F3N3O3. The number of alkyl halides is 3. The van der Waals surface area contributed by atoms with E-state index in [0.717, 1.165) is 25.0 Å². The predicted molar refractivity (Wildman–Crippen MR) is 95.0 cm³/mol. The zero-order valence-electron chi connectivity index (χ0n) is 14.8. The van der Waals surface area contributed by atoms with Gasteiger partial charge in [-0.3, -0.25) is 9.59 Å². The first-order chi connectivity index (χ1) is 13.3. The van der Waals surface area contributed by atoms with Gasteiger partial charge < -0.3 is 15.4 Å². The topological polar surface area (TPSA) is 80.3 Å². The lowest BCUT2D eigenvalue weighted by Crippen LogP contribution is -2.31. The molecule has 148 valence electrons. The largest absolute Gasteiger partial charge is 0.464 e. The summed E-state index contributed by atoms with van der Waals surface area (Å²) in [4.78, 5) is 28.0. The number of hydrogen-bond donors (Lipinski definition) is 2. The van der Waals surface area contributed by atoms with E-state index in [9.17, 15) is 22.8 Å². The average Bonchev–Trinajstić information content (AvgIpc) is 3.49. The van der Waals surface area contributed by atoms with E-state index < -0.39 is 23.6 Å². The highest BCUT2D eigenvalue weighted by Gasteiger charge is 2.30. The highest BCUT2D eigenvalue weighted by atomic mass is 19.4. The number of aromatic nitrogens is 1. The van der Waals surface area contributed by atoms with Crippen molar-refractivity contribution in [3.05, 3.63) is 53.7 Å². The summed E-state index contributed by atoms with van der Waals surface area (Å²) < 4.78 is 43.6. The SMILES string of the molecule is O=C(CNC(=O)c1cccnc1Nc1cccc(C(F)(F)F)c1)OCC1CC1. The number of esters is 1. The summed E-state index contributed by atoms with van der Waals surface area (Å²) in [5.41, 5.74) is -0.598. The molecular weight excluding hydrogens is 375 g/mol. The summed E-state index contributed by atoms with van der Waals surface area (Å²) in [5, 5.41) is 5.14. The number of ether oxygens (including phenoxy) is 1. The maximum absolute atomic E-state index is 12.9. The monoisotopic (exact) mass is 393 g/mol. The normalized spacial score (nSPS) is 13.7. The van der Waals surface area contributed by atoms with Crippen molar-refractivity contribution >= 4 is 23.4 Å². The zero-order chi connectivity index (χ0) is 20.1. The number of pyridine rings is 1. The molecule has 1 aliphatic rings. The minimum Gasteiger partial charge on any atom is -0.464 e. The average molecular weight is 393 g/mol. The highest BCUT2D eigenvalue weighted by molar-refractivity contribution is 6.00. The van der Waals surface area contributed by atoms with E-state index in [1.807, 2.05) is 0 Å². The maximum Gasteiger partial charge on any atom is 0.416 e. The van der Waals surface area contributed by atoms with Gasteiger partial charge in [0.2, 0.25) is 0 Å². The molecule has 0 bridgehead atoms. The Morgan fingerprint density at radius 3 is 2.68 bits per heavy atom. The number of carbonyl (C=O) groups is 2. The Hall–Kier alpha value is -3.10. The van der Waals surface area contributed by atoms with Crippen molar-refractivity contribution in [1.82, 2.24) is 10.3 Å². The summed E-state index contributed by atoms with van der Waals surface area (Å²) in [5.74, 6) is -0.644. The molecule has 0 unspecified atom stereocenters. The molecule has 3 rings (SSSR count). The van der Waals surface area contributed by atoms with Gasteiger partial charge >= 0.3 is 12.1 Å². The van der Waals surface area contributed by atoms with Gasteiger partial charge in [-0.25, -0.2) is 4.98 Å². The fourth-order valence-corrected chi connectivity index (χ4v) is 2.39. The van der Waals surface area contributed by atoms with Gasteiger partial charge in [-0.2, -0.15) is 13.2 Å². The number of hydrogen-bond acceptors (Lipinski definition) is 5. The van der Waals surface area contributed by atoms with Crippen molar-refractivity contribution in [2.45, 2.75) is 19.0 Å². The second-order valence-corrected chi connectivity index (χ2v) is 6.41. The van der Waals surface area contributed by atoms with Crippen LogP contribution in [0.15, 0.2) is 42.6 Å². The third kappa shape index (κ3) is 5.45. The minimum absolute atomic E-state index is 0.0747. The third-order valence-corrected chi connectivity index (χ3v) is 4.08. The molecule has 1 aromatic heterocycles. The number of rotatable bonds is 7. The first-order valence-corrected chi connectivity index (χ1v) is 8.66. The van der Waals surface area contributed by atoms with Gasteiger partial charge in [0, 0.05) is 11.9 Å². The van der Waals surface area contributed by atoms with Gasteiger partial charge in [0.15, 0.2) is 0 Å². The molecule has 1 saturated carbocycles. The Labute approximate surface area is 159 Å². The molecule has 1 aliphatic carbocycles. The van der Waals surface area contributed by atoms with Crippen LogP contribution in [0.1, 0.15) is 28.8 Å². The molecule has 1 aromatic carbocycles. The van der Waals surface area contributed by atoms with E-state index in [0.29, 0.717) is 12.5 Å². The Morgan fingerprint density at radius 2 is 1.96 bits per heavy atom. The zero-order valence-corrected chi connectivity index (χ0v) is 14.8. The lowest BCUT2D eigenvalue weighted by molar-refractivity contribution is -0.143. The molecule has 0 radical (unpaired) electrons. The molecule has 28 heavy (non-hydrogen) atoms. The second kappa shape index (κ2) is 8.28. The molecule has 2 N–H and O–H groups in total. The van der Waals surface area contributed by atoms with Crippen LogP contribution >= 0.6 is 0 Å². The summed E-state index contributed by atoms with van der Waals surface area (Å²) in [6.07, 6.45) is -1.00. The predicted octanol–water partition coefficient (Wildman–Crippen LogP) is 3.53. The highest BCUT2D eigenvalue weighted by Crippen LogP contribution is 2.31. The van der Waals surface area contributed by atoms with Crippen LogP contribution < -0.4 is 10.6 Å². The summed E-state index contributed by atoms with van der Waals surface area (Å²) in [6, 6.07) is 7.52. The first-order valence-electron chi connectivity index (χ1n) is 8.66. The summed E-state index contributed by atoms with van der Waals surface area (Å²) >= 11 is 0. The van der Waals surface area contributed by atoms with Crippen LogP contribution in [0.5, 0.6) is 0 Å². The molecule has 9 heteroatoms. The van der Waals surface area contributed by atoms with E-state index in [2.05, 4.69) is 15.6 Å². The van der Waals surface area contributed by atoms with E-state index in [4.69, 9.17) is 4.74 Å². The number of carbonyl (C=O) groups excluding carboxylic acids is 2. The lowest BCUT2D eigenvalue weighted by atomic mass is 10.2. The van der Waals surface area contributed by atoms with Crippen molar-refractivity contribution in [2.75, 3.05) is 18.5 Å². The van der Waals surface area contributed by atoms with E-state index in [1.165, 1.54) is 30.5 Å². The van der Waals surface area contributed by atoms with Crippen LogP contribution in [-0.2, 0) is 15.7 Å². The molecule has 0 saturated heterocycles. The lowest BCUT2D eigenvalue weighted by Gasteiger charge is -2.13. The van der Waals surface area contributed by atoms with E-state index >= 15 is 0 Å². The van der Waals surface area contributed by atoms with Gasteiger partial charge in [0.05, 0.1) is 17.7 Å². The van der Waals surface area contributed by atoms with Crippen molar-refractivity contribution in [1.29, 1.82) is 0 Å². The van der Waals surface area contributed by atoms with E-state index in [1.54, 1.807) is 0 Å². The molecule has 0 spiro atoms. The fraction of sp³-hybridized carbons (Fsp3) is 0.316. The number of nitrogens with one attached hydrogen (secondary N) is 2. The minimum atomic E-state index is -4.48. The van der Waals surface area contributed by atoms with Crippen molar-refractivity contribution in [3.63, 3.8) is 0 Å². The smallest absolute Gasteiger partial charge is 0.416 e. The second-order valence-electron chi connectivity index (χ2n) is 6.41. The Bertz CT molecular complexity index is 867. The molecule has 1 amide bonds. The van der Waals surface area contributed by atoms with Crippen molar-refractivity contribution in [2.24, 2.45) is 5.92 Å². The van der Waals surface area contributed by atoms with Gasteiger partial charge in [0.1, 0.15) is 12.4 Å². The molecule has 2 aromatic rings. The molecule has 0 aliphatic heterocycles. The van der Waals surface area contributed by atoms with Crippen molar-refractivity contribution < 1.29 is 27.5 Å². The number of anilines is 2. The quantitative estimate of drug-likeness (QED) is 0.704. The van der Waals surface area contributed by atoms with Crippen LogP contribution in [0, 0.1) is 5.92 Å². The van der Waals surface area contributed by atoms with Crippen LogP contribution in [-0.4, -0.2) is 30.0 Å². The molecule has 1 fully saturated rings. The fourth-order valence-electron chi connectivity index (χ4n) is 2.39. The summed E-state index contributed by atoms with van der Waals surface area (Å²) in [7, 11) is 0. The van der Waals surface area contributed by atoms with E-state index in [-0.39, 0.29) is 23.6 Å². The number of benzene rings is 1. The first kappa shape index (κ1) is 19.7. The van der Waals surface area contributed by atoms with Crippen LogP contribution in [0.2, 0.25) is 0 Å². The van der Waals surface area contributed by atoms with Crippen LogP contribution in [0.4, 0.5) is 24.7 Å². The van der Waals surface area contributed by atoms with Gasteiger partial charge in [-0.05, 0) is 49.1 Å². The maximum atomic E-state index is 12.9. The Balaban J connectivity index is 1.65. The van der Waals surface area contributed by atoms with Gasteiger partial charge in [0.25, 0.3) is 5.91 Å². The standard InChI is InChI=1S/C19H18F3N3O3/c20-19(21,22)13-3-1-4-14(9-13)25-17-15(5-2-8-23-17)18(27)24-10-16(26)28-11-12-6-7-12/h1-5,8-9,12H,6-7,10-11H2,(H,23,25)(H,24,27). The van der Waals surface area contributed by atoms with Crippen LogP contribution in [0.25, 0.3) is 0 Å². The third-order valence-electron chi connectivity index (χ3n) is 4.08. The van der Waals surface area contributed by atoms with Gasteiger partial charge in [-0.1, -0.05) is 6.07 Å². The molecule has 6 nitrogen and oxygen atoms in total. The molecule has 1 heterocycles. The number of nitrogens with zero attached hydrogens (tertiary/aromatic N) is 1. The Morgan fingerprint density at radius 1 is 1.18 bits per heavy atom. The molecule has 0 atom stereocenters. The van der Waals surface area contributed by atoms with Crippen LogP contribution in [0.3, 0.4) is 0 Å². The number of amides is 1. The number of halogens is 3.